The number of hydrogen-bond acceptors (Lipinski definition) is 3. The average Bonchev–Trinajstić information content (AvgIpc) is 2.31. The van der Waals surface area contributed by atoms with Gasteiger partial charge in [0.05, 0.1) is 5.56 Å². The summed E-state index contributed by atoms with van der Waals surface area (Å²) in [5.41, 5.74) is 13.0. The third kappa shape index (κ3) is 3.37. The Hall–Kier alpha value is -1.71. The lowest BCUT2D eigenvalue weighted by atomic mass is 10.1. The Morgan fingerprint density at radius 2 is 2.06 bits per heavy atom. The zero-order chi connectivity index (χ0) is 12.8. The van der Waals surface area contributed by atoms with Crippen molar-refractivity contribution in [2.75, 3.05) is 23.7 Å². The maximum Gasteiger partial charge on any atom is 0.250 e. The van der Waals surface area contributed by atoms with Crippen molar-refractivity contribution in [3.63, 3.8) is 0 Å². The predicted octanol–water partition coefficient (Wildman–Crippen LogP) is 1.99. The van der Waals surface area contributed by atoms with Gasteiger partial charge in [-0.05, 0) is 31.5 Å². The highest BCUT2D eigenvalue weighted by Crippen LogP contribution is 2.23. The summed E-state index contributed by atoms with van der Waals surface area (Å²) in [4.78, 5) is 13.6. The lowest BCUT2D eigenvalue weighted by molar-refractivity contribution is 0.100. The fourth-order valence-electron chi connectivity index (χ4n) is 1.82. The molecule has 0 aliphatic heterocycles. The summed E-state index contributed by atoms with van der Waals surface area (Å²) in [6.45, 7) is 5.99. The van der Waals surface area contributed by atoms with Crippen molar-refractivity contribution >= 4 is 17.3 Å². The van der Waals surface area contributed by atoms with Crippen LogP contribution in [0.15, 0.2) is 18.2 Å². The number of amides is 1. The summed E-state index contributed by atoms with van der Waals surface area (Å²) in [5, 5.41) is 0. The molecule has 1 amide bonds. The summed E-state index contributed by atoms with van der Waals surface area (Å²) >= 11 is 0. The van der Waals surface area contributed by atoms with Gasteiger partial charge in [-0.2, -0.15) is 0 Å². The fraction of sp³-hybridized carbons (Fsp3) is 0.462. The molecule has 4 N–H and O–H groups in total. The highest BCUT2D eigenvalue weighted by Gasteiger charge is 2.13. The van der Waals surface area contributed by atoms with Crippen LogP contribution < -0.4 is 16.4 Å². The molecule has 0 fully saturated rings. The molecule has 0 aliphatic carbocycles. The first-order valence-corrected chi connectivity index (χ1v) is 6.04. The maximum absolute atomic E-state index is 11.4. The van der Waals surface area contributed by atoms with Crippen LogP contribution in [-0.2, 0) is 0 Å². The fourth-order valence-corrected chi connectivity index (χ4v) is 1.82. The number of nitrogens with zero attached hydrogens (tertiary/aromatic N) is 1. The second kappa shape index (κ2) is 6.13. The van der Waals surface area contributed by atoms with Crippen molar-refractivity contribution < 1.29 is 4.79 Å². The average molecular weight is 235 g/mol. The third-order valence-electron chi connectivity index (χ3n) is 2.79. The Morgan fingerprint density at radius 1 is 1.35 bits per heavy atom. The quantitative estimate of drug-likeness (QED) is 0.741. The molecule has 1 rings (SSSR count). The van der Waals surface area contributed by atoms with E-state index in [1.165, 1.54) is 0 Å². The van der Waals surface area contributed by atoms with E-state index in [1.807, 2.05) is 6.07 Å². The monoisotopic (exact) mass is 235 g/mol. The van der Waals surface area contributed by atoms with E-state index >= 15 is 0 Å². The molecule has 0 spiro atoms. The van der Waals surface area contributed by atoms with Gasteiger partial charge in [-0.15, -0.1) is 0 Å². The van der Waals surface area contributed by atoms with E-state index in [2.05, 4.69) is 18.7 Å². The highest BCUT2D eigenvalue weighted by molar-refractivity contribution is 5.99. The number of nitrogens with two attached hydrogens (primary N) is 2. The van der Waals surface area contributed by atoms with Crippen LogP contribution in [0, 0.1) is 0 Å². The minimum absolute atomic E-state index is 0.428. The Balaban J connectivity index is 3.05. The topological polar surface area (TPSA) is 72.3 Å². The number of anilines is 2. The summed E-state index contributed by atoms with van der Waals surface area (Å²) in [5.74, 6) is -0.428. The van der Waals surface area contributed by atoms with Gasteiger partial charge in [0, 0.05) is 24.5 Å². The Labute approximate surface area is 103 Å². The van der Waals surface area contributed by atoms with Crippen molar-refractivity contribution in [1.82, 2.24) is 0 Å². The molecule has 4 nitrogen and oxygen atoms in total. The molecule has 0 aliphatic rings. The molecule has 0 bridgehead atoms. The number of hydrogen-bond donors (Lipinski definition) is 2. The SMILES string of the molecule is CCCCN(CC)c1ccc(N)cc1C(N)=O. The van der Waals surface area contributed by atoms with Gasteiger partial charge in [0.25, 0.3) is 5.91 Å². The van der Waals surface area contributed by atoms with Crippen LogP contribution in [0.4, 0.5) is 11.4 Å². The molecule has 0 saturated heterocycles. The first kappa shape index (κ1) is 13.4. The molecule has 0 unspecified atom stereocenters. The van der Waals surface area contributed by atoms with E-state index in [4.69, 9.17) is 11.5 Å². The highest BCUT2D eigenvalue weighted by atomic mass is 16.1. The Bertz CT molecular complexity index is 390. The molecule has 1 aromatic rings. The smallest absolute Gasteiger partial charge is 0.250 e. The van der Waals surface area contributed by atoms with Crippen LogP contribution in [0.25, 0.3) is 0 Å². The standard InChI is InChI=1S/C13H21N3O/c1-3-5-8-16(4-2)12-7-6-10(14)9-11(12)13(15)17/h6-7,9H,3-5,8,14H2,1-2H3,(H2,15,17). The van der Waals surface area contributed by atoms with Gasteiger partial charge in [0.15, 0.2) is 0 Å². The molecule has 0 heterocycles. The molecule has 0 atom stereocenters. The van der Waals surface area contributed by atoms with Crippen molar-refractivity contribution in [2.45, 2.75) is 26.7 Å². The summed E-state index contributed by atoms with van der Waals surface area (Å²) in [7, 11) is 0. The number of carbonyl (C=O) groups is 1. The molecule has 1 aromatic carbocycles. The number of benzene rings is 1. The van der Waals surface area contributed by atoms with E-state index < -0.39 is 5.91 Å². The van der Waals surface area contributed by atoms with Crippen LogP contribution in [0.3, 0.4) is 0 Å². The molecule has 94 valence electrons. The van der Waals surface area contributed by atoms with Crippen LogP contribution in [0.5, 0.6) is 0 Å². The second-order valence-corrected chi connectivity index (χ2v) is 4.07. The van der Waals surface area contributed by atoms with E-state index in [0.717, 1.165) is 31.6 Å². The lowest BCUT2D eigenvalue weighted by Gasteiger charge is -2.25. The normalized spacial score (nSPS) is 10.2. The largest absolute Gasteiger partial charge is 0.399 e. The van der Waals surface area contributed by atoms with Crippen molar-refractivity contribution in [1.29, 1.82) is 0 Å². The molecule has 0 radical (unpaired) electrons. The van der Waals surface area contributed by atoms with Crippen LogP contribution in [-0.4, -0.2) is 19.0 Å². The van der Waals surface area contributed by atoms with Gasteiger partial charge in [-0.1, -0.05) is 13.3 Å². The van der Waals surface area contributed by atoms with Gasteiger partial charge in [0.2, 0.25) is 0 Å². The molecular formula is C13H21N3O. The lowest BCUT2D eigenvalue weighted by Crippen LogP contribution is -2.27. The summed E-state index contributed by atoms with van der Waals surface area (Å²) in [6.07, 6.45) is 2.22. The van der Waals surface area contributed by atoms with Crippen LogP contribution in [0.2, 0.25) is 0 Å². The van der Waals surface area contributed by atoms with Gasteiger partial charge < -0.3 is 16.4 Å². The van der Waals surface area contributed by atoms with Crippen molar-refractivity contribution in [3.05, 3.63) is 23.8 Å². The van der Waals surface area contributed by atoms with Gasteiger partial charge in [-0.25, -0.2) is 0 Å². The Kier molecular flexibility index (Phi) is 4.82. The van der Waals surface area contributed by atoms with E-state index in [-0.39, 0.29) is 0 Å². The van der Waals surface area contributed by atoms with Crippen LogP contribution >= 0.6 is 0 Å². The van der Waals surface area contributed by atoms with E-state index in [1.54, 1.807) is 12.1 Å². The summed E-state index contributed by atoms with van der Waals surface area (Å²) < 4.78 is 0. The maximum atomic E-state index is 11.4. The number of rotatable bonds is 6. The molecule has 17 heavy (non-hydrogen) atoms. The zero-order valence-electron chi connectivity index (χ0n) is 10.6. The number of primary amides is 1. The summed E-state index contributed by atoms with van der Waals surface area (Å²) in [6, 6.07) is 5.32. The van der Waals surface area contributed by atoms with E-state index in [9.17, 15) is 4.79 Å². The molecule has 0 saturated carbocycles. The number of carbonyl (C=O) groups excluding carboxylic acids is 1. The third-order valence-corrected chi connectivity index (χ3v) is 2.79. The first-order valence-electron chi connectivity index (χ1n) is 6.04. The minimum Gasteiger partial charge on any atom is -0.399 e. The number of unbranched alkanes of at least 4 members (excludes halogenated alkanes) is 1. The molecular weight excluding hydrogens is 214 g/mol. The second-order valence-electron chi connectivity index (χ2n) is 4.07. The van der Waals surface area contributed by atoms with Crippen molar-refractivity contribution in [2.24, 2.45) is 5.73 Å². The molecule has 0 aromatic heterocycles. The number of nitrogen functional groups attached to an aromatic ring is 1. The van der Waals surface area contributed by atoms with Gasteiger partial charge in [0.1, 0.15) is 0 Å². The van der Waals surface area contributed by atoms with Crippen LogP contribution in [0.1, 0.15) is 37.0 Å². The molecule has 4 heteroatoms. The van der Waals surface area contributed by atoms with Gasteiger partial charge >= 0.3 is 0 Å². The van der Waals surface area contributed by atoms with E-state index in [0.29, 0.717) is 11.3 Å². The predicted molar refractivity (Wildman–Crippen MR) is 72.2 cm³/mol. The first-order chi connectivity index (χ1) is 8.10. The zero-order valence-corrected chi connectivity index (χ0v) is 10.6. The minimum atomic E-state index is -0.428. The van der Waals surface area contributed by atoms with Gasteiger partial charge in [-0.3, -0.25) is 4.79 Å². The Morgan fingerprint density at radius 3 is 2.59 bits per heavy atom. The van der Waals surface area contributed by atoms with Crippen molar-refractivity contribution in [3.8, 4) is 0 Å².